The van der Waals surface area contributed by atoms with Crippen LogP contribution in [-0.4, -0.2) is 16.6 Å². The van der Waals surface area contributed by atoms with Gasteiger partial charge in [0.05, 0.1) is 5.69 Å². The van der Waals surface area contributed by atoms with E-state index in [1.807, 2.05) is 24.3 Å². The van der Waals surface area contributed by atoms with Gasteiger partial charge >= 0.3 is 0 Å². The molecular formula is C13H11BrN2O3. The lowest BCUT2D eigenvalue weighted by Gasteiger charge is -2.25. The number of hydrogen-bond donors (Lipinski definition) is 1. The summed E-state index contributed by atoms with van der Waals surface area (Å²) in [6, 6.07) is 7.42. The van der Waals surface area contributed by atoms with Gasteiger partial charge in [0, 0.05) is 0 Å². The second-order valence-electron chi connectivity index (χ2n) is 4.21. The highest BCUT2D eigenvalue weighted by Crippen LogP contribution is 2.34. The molecule has 1 N–H and O–H groups in total. The number of ether oxygens (including phenoxy) is 2. The zero-order chi connectivity index (χ0) is 13.4. The largest absolute Gasteiger partial charge is 0.485 e. The number of nitrogens with zero attached hydrogens (tertiary/aromatic N) is 1. The number of halogens is 1. The number of fused-ring (bicyclic) bond motifs is 1. The summed E-state index contributed by atoms with van der Waals surface area (Å²) in [6.45, 7) is 2.08. The minimum Gasteiger partial charge on any atom is -0.485 e. The van der Waals surface area contributed by atoms with Crippen molar-refractivity contribution in [2.75, 3.05) is 6.61 Å². The summed E-state index contributed by atoms with van der Waals surface area (Å²) in [4.78, 5) is 18.7. The van der Waals surface area contributed by atoms with Crippen molar-refractivity contribution in [2.24, 2.45) is 0 Å². The summed E-state index contributed by atoms with van der Waals surface area (Å²) in [6.07, 6.45) is -0.408. The van der Waals surface area contributed by atoms with Crippen LogP contribution in [0.25, 0.3) is 0 Å². The fraction of sp³-hybridized carbons (Fsp3) is 0.231. The van der Waals surface area contributed by atoms with E-state index in [1.165, 1.54) is 0 Å². The lowest BCUT2D eigenvalue weighted by atomic mass is 10.2. The van der Waals surface area contributed by atoms with E-state index in [-0.39, 0.29) is 5.56 Å². The van der Waals surface area contributed by atoms with Gasteiger partial charge in [0.15, 0.2) is 23.4 Å². The molecule has 2 aromatic rings. The Kier molecular flexibility index (Phi) is 3.02. The first kappa shape index (κ1) is 12.2. The average Bonchev–Trinajstić information content (AvgIpc) is 2.43. The molecule has 1 unspecified atom stereocenters. The molecule has 2 heterocycles. The Balaban J connectivity index is 1.95. The molecule has 1 atom stereocenters. The van der Waals surface area contributed by atoms with E-state index >= 15 is 0 Å². The molecule has 0 radical (unpaired) electrons. The highest BCUT2D eigenvalue weighted by molar-refractivity contribution is 9.10. The third-order valence-electron chi connectivity index (χ3n) is 2.86. The summed E-state index contributed by atoms with van der Waals surface area (Å²) >= 11 is 3.18. The van der Waals surface area contributed by atoms with Crippen molar-refractivity contribution in [3.63, 3.8) is 0 Å². The second-order valence-corrected chi connectivity index (χ2v) is 5.01. The van der Waals surface area contributed by atoms with Gasteiger partial charge in [0.2, 0.25) is 0 Å². The van der Waals surface area contributed by atoms with Gasteiger partial charge in [-0.1, -0.05) is 12.1 Å². The lowest BCUT2D eigenvalue weighted by molar-refractivity contribution is 0.0847. The average molecular weight is 323 g/mol. The monoisotopic (exact) mass is 322 g/mol. The Morgan fingerprint density at radius 1 is 1.37 bits per heavy atom. The minimum atomic E-state index is -0.408. The number of aromatic amines is 1. The highest BCUT2D eigenvalue weighted by atomic mass is 79.9. The van der Waals surface area contributed by atoms with Crippen molar-refractivity contribution < 1.29 is 9.47 Å². The molecule has 1 aliphatic heterocycles. The summed E-state index contributed by atoms with van der Waals surface area (Å²) in [5, 5.41) is 0. The van der Waals surface area contributed by atoms with Crippen LogP contribution in [0, 0.1) is 6.92 Å². The Labute approximate surface area is 117 Å². The van der Waals surface area contributed by atoms with E-state index in [1.54, 1.807) is 6.92 Å². The molecule has 1 aromatic heterocycles. The van der Waals surface area contributed by atoms with Crippen LogP contribution >= 0.6 is 15.9 Å². The molecule has 0 bridgehead atoms. The van der Waals surface area contributed by atoms with Gasteiger partial charge in [-0.3, -0.25) is 4.79 Å². The van der Waals surface area contributed by atoms with Crippen LogP contribution in [0.5, 0.6) is 11.5 Å². The molecule has 0 aliphatic carbocycles. The number of nitrogens with one attached hydrogen (secondary N) is 1. The third-order valence-corrected chi connectivity index (χ3v) is 3.79. The van der Waals surface area contributed by atoms with Crippen molar-refractivity contribution in [2.45, 2.75) is 13.0 Å². The first-order chi connectivity index (χ1) is 9.15. The molecule has 1 aromatic carbocycles. The molecule has 1 aliphatic rings. The molecule has 98 valence electrons. The maximum absolute atomic E-state index is 11.7. The van der Waals surface area contributed by atoms with Crippen molar-refractivity contribution in [3.05, 3.63) is 50.6 Å². The third kappa shape index (κ3) is 2.23. The van der Waals surface area contributed by atoms with Crippen LogP contribution in [0.4, 0.5) is 0 Å². The van der Waals surface area contributed by atoms with E-state index in [0.29, 0.717) is 34.1 Å². The number of aromatic nitrogens is 2. The fourth-order valence-corrected chi connectivity index (χ4v) is 2.09. The molecule has 5 nitrogen and oxygen atoms in total. The minimum absolute atomic E-state index is 0.218. The van der Waals surface area contributed by atoms with Gasteiger partial charge < -0.3 is 14.5 Å². The number of para-hydroxylation sites is 2. The number of rotatable bonds is 1. The topological polar surface area (TPSA) is 64.2 Å². The zero-order valence-electron chi connectivity index (χ0n) is 10.1. The molecule has 0 saturated heterocycles. The lowest BCUT2D eigenvalue weighted by Crippen LogP contribution is -2.26. The Hall–Kier alpha value is -1.82. The van der Waals surface area contributed by atoms with Crippen LogP contribution in [0.3, 0.4) is 0 Å². The molecule has 19 heavy (non-hydrogen) atoms. The quantitative estimate of drug-likeness (QED) is 0.875. The van der Waals surface area contributed by atoms with Gasteiger partial charge in [-0.15, -0.1) is 0 Å². The van der Waals surface area contributed by atoms with Crippen molar-refractivity contribution >= 4 is 15.9 Å². The standard InChI is InChI=1S/C13H11BrN2O3/c1-7-11(14)13(17)16-12(15-7)10-6-18-8-4-2-3-5-9(8)19-10/h2-5,10H,6H2,1H3,(H,15,16,17). The molecule has 0 fully saturated rings. The van der Waals surface area contributed by atoms with Crippen molar-refractivity contribution in [1.82, 2.24) is 9.97 Å². The molecular weight excluding hydrogens is 312 g/mol. The molecule has 0 saturated carbocycles. The molecule has 6 heteroatoms. The number of H-pyrrole nitrogens is 1. The second kappa shape index (κ2) is 4.70. The SMILES string of the molecule is Cc1nc(C2COc3ccccc3O2)[nH]c(=O)c1Br. The van der Waals surface area contributed by atoms with Gasteiger partial charge in [-0.2, -0.15) is 0 Å². The smallest absolute Gasteiger partial charge is 0.265 e. The number of aryl methyl sites for hydroxylation is 1. The van der Waals surface area contributed by atoms with Gasteiger partial charge in [-0.25, -0.2) is 4.98 Å². The van der Waals surface area contributed by atoms with Crippen LogP contribution < -0.4 is 15.0 Å². The Bertz CT molecular complexity index is 684. The van der Waals surface area contributed by atoms with Crippen LogP contribution in [-0.2, 0) is 0 Å². The zero-order valence-corrected chi connectivity index (χ0v) is 11.7. The van der Waals surface area contributed by atoms with E-state index in [9.17, 15) is 4.79 Å². The molecule has 0 spiro atoms. The Morgan fingerprint density at radius 3 is 2.84 bits per heavy atom. The first-order valence-corrected chi connectivity index (χ1v) is 6.59. The molecule has 3 rings (SSSR count). The normalized spacial score (nSPS) is 17.3. The Morgan fingerprint density at radius 2 is 2.11 bits per heavy atom. The maximum atomic E-state index is 11.7. The summed E-state index contributed by atoms with van der Waals surface area (Å²) in [5.74, 6) is 1.83. The van der Waals surface area contributed by atoms with E-state index in [0.717, 1.165) is 0 Å². The van der Waals surface area contributed by atoms with Gasteiger partial charge in [0.25, 0.3) is 5.56 Å². The van der Waals surface area contributed by atoms with E-state index < -0.39 is 6.10 Å². The van der Waals surface area contributed by atoms with E-state index in [4.69, 9.17) is 9.47 Å². The highest BCUT2D eigenvalue weighted by Gasteiger charge is 2.24. The van der Waals surface area contributed by atoms with Gasteiger partial charge in [0.1, 0.15) is 11.1 Å². The number of benzene rings is 1. The summed E-state index contributed by atoms with van der Waals surface area (Å²) in [7, 11) is 0. The first-order valence-electron chi connectivity index (χ1n) is 5.80. The maximum Gasteiger partial charge on any atom is 0.265 e. The predicted octanol–water partition coefficient (Wildman–Crippen LogP) is 2.35. The van der Waals surface area contributed by atoms with Gasteiger partial charge in [-0.05, 0) is 35.0 Å². The molecule has 0 amide bonds. The summed E-state index contributed by atoms with van der Waals surface area (Å²) < 4.78 is 11.8. The number of hydrogen-bond acceptors (Lipinski definition) is 4. The van der Waals surface area contributed by atoms with Crippen molar-refractivity contribution in [3.8, 4) is 11.5 Å². The predicted molar refractivity (Wildman–Crippen MR) is 72.6 cm³/mol. The van der Waals surface area contributed by atoms with Crippen LogP contribution in [0.15, 0.2) is 33.5 Å². The van der Waals surface area contributed by atoms with E-state index in [2.05, 4.69) is 25.9 Å². The summed E-state index contributed by atoms with van der Waals surface area (Å²) in [5.41, 5.74) is 0.408. The van der Waals surface area contributed by atoms with Crippen LogP contribution in [0.1, 0.15) is 17.6 Å². The fourth-order valence-electron chi connectivity index (χ4n) is 1.90. The van der Waals surface area contributed by atoms with Crippen molar-refractivity contribution in [1.29, 1.82) is 0 Å². The van der Waals surface area contributed by atoms with Crippen LogP contribution in [0.2, 0.25) is 0 Å².